The van der Waals surface area contributed by atoms with Crippen LogP contribution in [-0.4, -0.2) is 67.1 Å². The van der Waals surface area contributed by atoms with Gasteiger partial charge in [-0.1, -0.05) is 95.1 Å². The first-order valence-electron chi connectivity index (χ1n) is 17.0. The van der Waals surface area contributed by atoms with E-state index in [0.717, 1.165) is 23.9 Å². The highest BCUT2D eigenvalue weighted by Gasteiger charge is 2.45. The minimum Gasteiger partial charge on any atom is -0.445 e. The molecule has 0 bridgehead atoms. The Balaban J connectivity index is 1.63. The van der Waals surface area contributed by atoms with Crippen LogP contribution in [0.25, 0.3) is 11.0 Å². The Morgan fingerprint density at radius 2 is 1.60 bits per heavy atom. The molecule has 1 amide bonds. The van der Waals surface area contributed by atoms with Crippen LogP contribution in [0.3, 0.4) is 0 Å². The van der Waals surface area contributed by atoms with Gasteiger partial charge < -0.3 is 28.2 Å². The van der Waals surface area contributed by atoms with E-state index >= 15 is 0 Å². The number of aliphatic hydroxyl groups is 1. The highest BCUT2D eigenvalue weighted by Crippen LogP contribution is 2.40. The summed E-state index contributed by atoms with van der Waals surface area (Å²) < 4.78 is 21.4. The Morgan fingerprint density at radius 3 is 2.23 bits per heavy atom. The van der Waals surface area contributed by atoms with Crippen molar-refractivity contribution in [3.63, 3.8) is 0 Å². The van der Waals surface area contributed by atoms with Crippen LogP contribution in [0.15, 0.2) is 42.5 Å². The van der Waals surface area contributed by atoms with Crippen molar-refractivity contribution in [3.05, 3.63) is 63.9 Å². The minimum atomic E-state index is -2.20. The summed E-state index contributed by atoms with van der Waals surface area (Å²) in [5, 5.41) is 12.7. The summed E-state index contributed by atoms with van der Waals surface area (Å²) in [7, 11) is -4.30. The summed E-state index contributed by atoms with van der Waals surface area (Å²) in [6, 6.07) is 12.9. The number of halogens is 2. The molecule has 48 heavy (non-hydrogen) atoms. The molecule has 1 aromatic heterocycles. The van der Waals surface area contributed by atoms with Gasteiger partial charge in [0, 0.05) is 6.54 Å². The molecule has 0 spiro atoms. The van der Waals surface area contributed by atoms with Crippen molar-refractivity contribution in [2.24, 2.45) is 0 Å². The Kier molecular flexibility index (Phi) is 12.3. The number of hydrogen-bond acceptors (Lipinski definition) is 6. The number of imidazole rings is 1. The molecule has 12 heteroatoms. The molecule has 1 N–H and O–H groups in total. The number of ether oxygens (including phenoxy) is 1. The lowest BCUT2D eigenvalue weighted by molar-refractivity contribution is -0.0130. The van der Waals surface area contributed by atoms with Gasteiger partial charge in [0.1, 0.15) is 12.4 Å². The number of nitrogens with zero attached hydrogens (tertiary/aromatic N) is 3. The van der Waals surface area contributed by atoms with Crippen LogP contribution in [-0.2, 0) is 33.3 Å². The second-order valence-electron chi connectivity index (χ2n) is 16.2. The second kappa shape index (κ2) is 15.1. The van der Waals surface area contributed by atoms with Gasteiger partial charge >= 0.3 is 6.09 Å². The number of piperidine rings is 1. The van der Waals surface area contributed by atoms with Crippen molar-refractivity contribution in [1.29, 1.82) is 0 Å². The fraction of sp³-hybridized carbons (Fsp3) is 0.611. The highest BCUT2D eigenvalue weighted by molar-refractivity contribution is 6.74. The van der Waals surface area contributed by atoms with Crippen LogP contribution in [0.2, 0.25) is 46.3 Å². The van der Waals surface area contributed by atoms with Crippen molar-refractivity contribution < 1.29 is 23.5 Å². The molecule has 1 unspecified atom stereocenters. The average molecular weight is 737 g/mol. The second-order valence-corrected chi connectivity index (χ2v) is 26.6. The first kappa shape index (κ1) is 38.9. The summed E-state index contributed by atoms with van der Waals surface area (Å²) in [4.78, 5) is 20.3. The molecule has 1 fully saturated rings. The third-order valence-electron chi connectivity index (χ3n) is 10.6. The maximum atomic E-state index is 13.7. The predicted octanol–water partition coefficient (Wildman–Crippen LogP) is 9.81. The lowest BCUT2D eigenvalue weighted by atomic mass is 9.94. The van der Waals surface area contributed by atoms with E-state index in [1.165, 1.54) is 0 Å². The van der Waals surface area contributed by atoms with E-state index < -0.39 is 28.8 Å². The first-order valence-corrected chi connectivity index (χ1v) is 23.6. The van der Waals surface area contributed by atoms with Crippen LogP contribution in [0.5, 0.6) is 0 Å². The zero-order valence-corrected chi connectivity index (χ0v) is 33.9. The zero-order valence-electron chi connectivity index (χ0n) is 30.4. The van der Waals surface area contributed by atoms with Gasteiger partial charge in [-0.25, -0.2) is 9.78 Å². The number of aromatic nitrogens is 2. The molecular weight excluding hydrogens is 681 g/mol. The molecule has 1 aliphatic rings. The molecule has 8 nitrogen and oxygen atoms in total. The van der Waals surface area contributed by atoms with Gasteiger partial charge in [-0.3, -0.25) is 0 Å². The van der Waals surface area contributed by atoms with Gasteiger partial charge in [-0.2, -0.15) is 0 Å². The lowest BCUT2D eigenvalue weighted by Crippen LogP contribution is -2.57. The predicted molar refractivity (Wildman–Crippen MR) is 201 cm³/mol. The summed E-state index contributed by atoms with van der Waals surface area (Å²) in [5.41, 5.74) is 2.38. The topological polar surface area (TPSA) is 86.1 Å². The summed E-state index contributed by atoms with van der Waals surface area (Å²) >= 11 is 12.9. The Labute approximate surface area is 299 Å². The standard InChI is InChI=1S/C36H55Cl2N3O5Si2/c1-35(2,3)47(7,8)45-24-33-39-29-20-27(37)28(38)21-30(29)41(33)22-26(42)19-31-32(46-48(9,10)36(4,5)6)17-14-18-40(31)34(43)44-23-25-15-12-11-13-16-25/h11-13,15-16,20-21,26,31-32,42H,14,17-19,22-24H2,1-10H3/t26?,31-,32+/m1/s1. The van der Waals surface area contributed by atoms with Crippen molar-refractivity contribution in [2.45, 2.75) is 135 Å². The van der Waals surface area contributed by atoms with Crippen molar-refractivity contribution in [2.75, 3.05) is 6.54 Å². The lowest BCUT2D eigenvalue weighted by Gasteiger charge is -2.46. The van der Waals surface area contributed by atoms with Gasteiger partial charge in [0.2, 0.25) is 0 Å². The fourth-order valence-electron chi connectivity index (χ4n) is 5.53. The van der Waals surface area contributed by atoms with E-state index in [1.807, 2.05) is 34.9 Å². The molecule has 3 aromatic rings. The van der Waals surface area contributed by atoms with Gasteiger partial charge in [0.15, 0.2) is 16.6 Å². The van der Waals surface area contributed by atoms with E-state index in [9.17, 15) is 9.90 Å². The summed E-state index contributed by atoms with van der Waals surface area (Å²) in [6.07, 6.45) is 0.461. The third kappa shape index (κ3) is 9.24. The minimum absolute atomic E-state index is 0.0123. The molecule has 3 atom stereocenters. The van der Waals surface area contributed by atoms with Gasteiger partial charge in [0.25, 0.3) is 0 Å². The number of amides is 1. The van der Waals surface area contributed by atoms with Crippen LogP contribution in [0, 0.1) is 0 Å². The monoisotopic (exact) mass is 735 g/mol. The van der Waals surface area contributed by atoms with Gasteiger partial charge in [0.05, 0.1) is 52.5 Å². The number of hydrogen-bond donors (Lipinski definition) is 1. The highest BCUT2D eigenvalue weighted by atomic mass is 35.5. The average Bonchev–Trinajstić information content (AvgIpc) is 3.30. The maximum absolute atomic E-state index is 13.7. The number of fused-ring (bicyclic) bond motifs is 1. The number of likely N-dealkylation sites (tertiary alicyclic amines) is 1. The van der Waals surface area contributed by atoms with Crippen LogP contribution >= 0.6 is 23.2 Å². The van der Waals surface area contributed by atoms with Gasteiger partial charge in [-0.05, 0) is 73.2 Å². The van der Waals surface area contributed by atoms with Crippen LogP contribution in [0.4, 0.5) is 4.79 Å². The molecule has 2 heterocycles. The Hall–Kier alpha value is -1.93. The SMILES string of the molecule is CC(C)(C)[Si](C)(C)OCc1nc2cc(Cl)c(Cl)cc2n1CC(O)C[C@@H]1[C@@H](O[Si](C)(C)C(C)(C)C)CCCN1C(=O)OCc1ccccc1. The summed E-state index contributed by atoms with van der Waals surface area (Å²) in [5.74, 6) is 0.698. The molecule has 0 radical (unpaired) electrons. The van der Waals surface area contributed by atoms with E-state index in [1.54, 1.807) is 17.0 Å². The quantitative estimate of drug-likeness (QED) is 0.197. The number of rotatable bonds is 11. The number of benzene rings is 2. The van der Waals surface area contributed by atoms with Crippen molar-refractivity contribution in [3.8, 4) is 0 Å². The molecule has 266 valence electrons. The molecule has 2 aromatic carbocycles. The van der Waals surface area contributed by atoms with Crippen LogP contribution < -0.4 is 0 Å². The third-order valence-corrected chi connectivity index (χ3v) is 20.3. The molecule has 1 saturated heterocycles. The largest absolute Gasteiger partial charge is 0.445 e. The maximum Gasteiger partial charge on any atom is 0.410 e. The number of aliphatic hydroxyl groups excluding tert-OH is 1. The van der Waals surface area contributed by atoms with Gasteiger partial charge in [-0.15, -0.1) is 0 Å². The van der Waals surface area contributed by atoms with E-state index in [-0.39, 0.29) is 35.4 Å². The first-order chi connectivity index (χ1) is 22.2. The molecule has 0 saturated carbocycles. The summed E-state index contributed by atoms with van der Waals surface area (Å²) in [6.45, 7) is 23.4. The van der Waals surface area contributed by atoms with E-state index in [4.69, 9.17) is 41.8 Å². The van der Waals surface area contributed by atoms with Crippen LogP contribution in [0.1, 0.15) is 72.2 Å². The number of carbonyl (C=O) groups excluding carboxylic acids is 1. The fourth-order valence-corrected chi connectivity index (χ4v) is 8.16. The van der Waals surface area contributed by atoms with E-state index in [2.05, 4.69) is 67.7 Å². The molecule has 1 aliphatic heterocycles. The molecule has 0 aliphatic carbocycles. The molecular formula is C36H55Cl2N3O5Si2. The van der Waals surface area contributed by atoms with Crippen molar-refractivity contribution in [1.82, 2.24) is 14.5 Å². The molecule has 4 rings (SSSR count). The van der Waals surface area contributed by atoms with Crippen molar-refractivity contribution >= 4 is 57.0 Å². The zero-order chi connectivity index (χ0) is 35.7. The Bertz CT molecular complexity index is 1550. The van der Waals surface area contributed by atoms with E-state index in [0.29, 0.717) is 41.0 Å². The number of carbonyl (C=O) groups is 1. The Morgan fingerprint density at radius 1 is 0.979 bits per heavy atom. The normalized spacial score (nSPS) is 18.7. The smallest absolute Gasteiger partial charge is 0.410 e.